The molecule has 1 aromatic carbocycles. The van der Waals surface area contributed by atoms with Gasteiger partial charge in [-0.25, -0.2) is 0 Å². The molecule has 1 unspecified atom stereocenters. The SMILES string of the molecule is CC(C)NC(CC(=O)Nc1ccccc1Cl)C(=O)O. The van der Waals surface area contributed by atoms with E-state index in [0.29, 0.717) is 10.7 Å². The lowest BCUT2D eigenvalue weighted by Crippen LogP contribution is -2.43. The molecule has 0 fully saturated rings. The highest BCUT2D eigenvalue weighted by Crippen LogP contribution is 2.20. The van der Waals surface area contributed by atoms with E-state index in [1.807, 2.05) is 13.8 Å². The molecule has 0 saturated heterocycles. The normalized spacial score (nSPS) is 12.2. The summed E-state index contributed by atoms with van der Waals surface area (Å²) < 4.78 is 0. The van der Waals surface area contributed by atoms with E-state index < -0.39 is 17.9 Å². The summed E-state index contributed by atoms with van der Waals surface area (Å²) in [5.74, 6) is -1.45. The summed E-state index contributed by atoms with van der Waals surface area (Å²) in [7, 11) is 0. The summed E-state index contributed by atoms with van der Waals surface area (Å²) in [6.45, 7) is 3.64. The molecule has 104 valence electrons. The average molecular weight is 285 g/mol. The summed E-state index contributed by atoms with van der Waals surface area (Å²) in [6.07, 6.45) is -0.154. The first-order valence-corrected chi connectivity index (χ1v) is 6.31. The fraction of sp³-hybridized carbons (Fsp3) is 0.385. The number of anilines is 1. The standard InChI is InChI=1S/C13H17ClN2O3/c1-8(2)15-11(13(18)19)7-12(17)16-10-6-4-3-5-9(10)14/h3-6,8,11,15H,7H2,1-2H3,(H,16,17)(H,18,19). The molecule has 1 atom stereocenters. The molecule has 5 nitrogen and oxygen atoms in total. The number of carboxylic acids is 1. The minimum Gasteiger partial charge on any atom is -0.480 e. The zero-order valence-electron chi connectivity index (χ0n) is 10.8. The van der Waals surface area contributed by atoms with Gasteiger partial charge in [0.05, 0.1) is 17.1 Å². The van der Waals surface area contributed by atoms with Gasteiger partial charge in [0.2, 0.25) is 5.91 Å². The molecule has 3 N–H and O–H groups in total. The Hall–Kier alpha value is -1.59. The molecule has 0 spiro atoms. The van der Waals surface area contributed by atoms with Gasteiger partial charge in [-0.15, -0.1) is 0 Å². The van der Waals surface area contributed by atoms with Gasteiger partial charge >= 0.3 is 5.97 Å². The topological polar surface area (TPSA) is 78.4 Å². The summed E-state index contributed by atoms with van der Waals surface area (Å²) in [6, 6.07) is 5.86. The van der Waals surface area contributed by atoms with Gasteiger partial charge in [0, 0.05) is 6.04 Å². The van der Waals surface area contributed by atoms with E-state index in [1.54, 1.807) is 24.3 Å². The molecule has 1 rings (SSSR count). The largest absolute Gasteiger partial charge is 0.480 e. The number of para-hydroxylation sites is 1. The maximum Gasteiger partial charge on any atom is 0.321 e. The van der Waals surface area contributed by atoms with Crippen molar-refractivity contribution in [1.82, 2.24) is 5.32 Å². The summed E-state index contributed by atoms with van der Waals surface area (Å²) in [5, 5.41) is 14.9. The highest BCUT2D eigenvalue weighted by atomic mass is 35.5. The van der Waals surface area contributed by atoms with Crippen LogP contribution in [0.1, 0.15) is 20.3 Å². The Morgan fingerprint density at radius 1 is 1.32 bits per heavy atom. The number of hydrogen-bond donors (Lipinski definition) is 3. The molecular weight excluding hydrogens is 268 g/mol. The van der Waals surface area contributed by atoms with E-state index in [4.69, 9.17) is 16.7 Å². The second kappa shape index (κ2) is 7.11. The first kappa shape index (κ1) is 15.5. The predicted octanol–water partition coefficient (Wildman–Crippen LogP) is 2.12. The van der Waals surface area contributed by atoms with Crippen LogP contribution in [0.15, 0.2) is 24.3 Å². The van der Waals surface area contributed by atoms with Crippen molar-refractivity contribution >= 4 is 29.2 Å². The van der Waals surface area contributed by atoms with Crippen molar-refractivity contribution in [1.29, 1.82) is 0 Å². The Kier molecular flexibility index (Phi) is 5.79. The monoisotopic (exact) mass is 284 g/mol. The molecule has 0 aliphatic rings. The van der Waals surface area contributed by atoms with Crippen LogP contribution in [-0.4, -0.2) is 29.1 Å². The van der Waals surface area contributed by atoms with Crippen molar-refractivity contribution in [2.24, 2.45) is 0 Å². The van der Waals surface area contributed by atoms with Gasteiger partial charge < -0.3 is 15.7 Å². The van der Waals surface area contributed by atoms with E-state index in [-0.39, 0.29) is 12.5 Å². The van der Waals surface area contributed by atoms with E-state index in [1.165, 1.54) is 0 Å². The van der Waals surface area contributed by atoms with Crippen molar-refractivity contribution in [2.75, 3.05) is 5.32 Å². The molecule has 1 aromatic rings. The first-order chi connectivity index (χ1) is 8.90. The highest BCUT2D eigenvalue weighted by Gasteiger charge is 2.21. The van der Waals surface area contributed by atoms with E-state index in [2.05, 4.69) is 10.6 Å². The maximum absolute atomic E-state index is 11.8. The van der Waals surface area contributed by atoms with Crippen molar-refractivity contribution in [3.63, 3.8) is 0 Å². The van der Waals surface area contributed by atoms with Gasteiger partial charge in [-0.2, -0.15) is 0 Å². The van der Waals surface area contributed by atoms with Crippen LogP contribution in [0.4, 0.5) is 5.69 Å². The third-order valence-electron chi connectivity index (χ3n) is 2.37. The molecule has 6 heteroatoms. The lowest BCUT2D eigenvalue weighted by molar-refractivity contribution is -0.141. The molecule has 0 bridgehead atoms. The summed E-state index contributed by atoms with van der Waals surface area (Å²) >= 11 is 5.91. The van der Waals surface area contributed by atoms with Crippen LogP contribution in [0.25, 0.3) is 0 Å². The number of hydrogen-bond acceptors (Lipinski definition) is 3. The van der Waals surface area contributed by atoms with Crippen LogP contribution in [-0.2, 0) is 9.59 Å². The minimum absolute atomic E-state index is 0.0192. The van der Waals surface area contributed by atoms with Crippen LogP contribution in [0.2, 0.25) is 5.02 Å². The number of halogens is 1. The van der Waals surface area contributed by atoms with Crippen LogP contribution in [0.5, 0.6) is 0 Å². The van der Waals surface area contributed by atoms with Gasteiger partial charge in [0.15, 0.2) is 0 Å². The number of benzene rings is 1. The lowest BCUT2D eigenvalue weighted by atomic mass is 10.1. The summed E-state index contributed by atoms with van der Waals surface area (Å²) in [4.78, 5) is 22.8. The third kappa shape index (κ3) is 5.28. The second-order valence-corrected chi connectivity index (χ2v) is 4.85. The molecule has 0 heterocycles. The molecule has 0 aromatic heterocycles. The van der Waals surface area contributed by atoms with Gasteiger partial charge in [-0.3, -0.25) is 9.59 Å². The van der Waals surface area contributed by atoms with Gasteiger partial charge in [0.25, 0.3) is 0 Å². The van der Waals surface area contributed by atoms with Crippen molar-refractivity contribution < 1.29 is 14.7 Å². The van der Waals surface area contributed by atoms with Gasteiger partial charge in [-0.1, -0.05) is 37.6 Å². The molecule has 0 radical (unpaired) electrons. The van der Waals surface area contributed by atoms with Crippen LogP contribution in [0.3, 0.4) is 0 Å². The Morgan fingerprint density at radius 3 is 2.47 bits per heavy atom. The van der Waals surface area contributed by atoms with E-state index in [9.17, 15) is 9.59 Å². The number of aliphatic carboxylic acids is 1. The number of carboxylic acid groups (broad SMARTS) is 1. The summed E-state index contributed by atoms with van der Waals surface area (Å²) in [5.41, 5.74) is 0.475. The van der Waals surface area contributed by atoms with Gasteiger partial charge in [-0.05, 0) is 12.1 Å². The molecule has 19 heavy (non-hydrogen) atoms. The molecule has 0 saturated carbocycles. The van der Waals surface area contributed by atoms with Crippen molar-refractivity contribution in [3.8, 4) is 0 Å². The number of carbonyl (C=O) groups is 2. The van der Waals surface area contributed by atoms with Crippen LogP contribution in [0, 0.1) is 0 Å². The Bertz CT molecular complexity index is 463. The minimum atomic E-state index is -1.05. The molecule has 0 aliphatic heterocycles. The van der Waals surface area contributed by atoms with Crippen LogP contribution < -0.4 is 10.6 Å². The number of nitrogens with one attached hydrogen (secondary N) is 2. The number of rotatable bonds is 6. The fourth-order valence-electron chi connectivity index (χ4n) is 1.57. The molecule has 1 amide bonds. The Labute approximate surface area is 117 Å². The number of carbonyl (C=O) groups excluding carboxylic acids is 1. The maximum atomic E-state index is 11.8. The smallest absolute Gasteiger partial charge is 0.321 e. The first-order valence-electron chi connectivity index (χ1n) is 5.93. The van der Waals surface area contributed by atoms with Gasteiger partial charge in [0.1, 0.15) is 6.04 Å². The zero-order valence-corrected chi connectivity index (χ0v) is 11.6. The lowest BCUT2D eigenvalue weighted by Gasteiger charge is -2.17. The quantitative estimate of drug-likeness (QED) is 0.748. The third-order valence-corrected chi connectivity index (χ3v) is 2.70. The fourth-order valence-corrected chi connectivity index (χ4v) is 1.75. The number of amides is 1. The molecule has 0 aliphatic carbocycles. The van der Waals surface area contributed by atoms with Crippen molar-refractivity contribution in [3.05, 3.63) is 29.3 Å². The average Bonchev–Trinajstić information content (AvgIpc) is 2.30. The Morgan fingerprint density at radius 2 is 1.95 bits per heavy atom. The second-order valence-electron chi connectivity index (χ2n) is 4.44. The zero-order chi connectivity index (χ0) is 14.4. The van der Waals surface area contributed by atoms with Crippen molar-refractivity contribution in [2.45, 2.75) is 32.4 Å². The van der Waals surface area contributed by atoms with Crippen LogP contribution >= 0.6 is 11.6 Å². The van der Waals surface area contributed by atoms with E-state index in [0.717, 1.165) is 0 Å². The molecular formula is C13H17ClN2O3. The van der Waals surface area contributed by atoms with E-state index >= 15 is 0 Å². The highest BCUT2D eigenvalue weighted by molar-refractivity contribution is 6.33. The Balaban J connectivity index is 2.63. The predicted molar refractivity (Wildman–Crippen MR) is 74.4 cm³/mol.